The van der Waals surface area contributed by atoms with Gasteiger partial charge in [0.2, 0.25) is 11.8 Å². The van der Waals surface area contributed by atoms with Crippen LogP contribution in [0.25, 0.3) is 0 Å². The Balaban J connectivity index is 0.000000323. The van der Waals surface area contributed by atoms with Gasteiger partial charge in [-0.2, -0.15) is 26.3 Å². The molecule has 6 rings (SSSR count). The molecule has 2 fully saturated rings. The lowest BCUT2D eigenvalue weighted by atomic mass is 9.85. The van der Waals surface area contributed by atoms with E-state index < -0.39 is 46.6 Å². The molecule has 2 aliphatic heterocycles. The third-order valence-electron chi connectivity index (χ3n) is 11.5. The molecular weight excluding hydrogens is 1010 g/mol. The number of nitrogens with zero attached hydrogens (tertiary/aromatic N) is 3. The molecule has 0 saturated carbocycles. The van der Waals surface area contributed by atoms with Gasteiger partial charge in [0.1, 0.15) is 17.0 Å². The smallest absolute Gasteiger partial charge is 0.416 e. The van der Waals surface area contributed by atoms with Crippen molar-refractivity contribution >= 4 is 65.5 Å². The largest absolute Gasteiger partial charge is 0.508 e. The van der Waals surface area contributed by atoms with Gasteiger partial charge in [0, 0.05) is 55.6 Å². The number of aromatic hydroxyl groups is 1. The molecule has 4 aromatic rings. The number of likely N-dealkylation sites (tertiary alicyclic amines) is 1. The predicted molar refractivity (Wildman–Crippen MR) is 255 cm³/mol. The van der Waals surface area contributed by atoms with Crippen molar-refractivity contribution in [1.29, 1.82) is 0 Å². The zero-order chi connectivity index (χ0) is 51.9. The molecule has 0 aromatic heterocycles. The van der Waals surface area contributed by atoms with Gasteiger partial charge >= 0.3 is 30.4 Å². The van der Waals surface area contributed by atoms with Gasteiger partial charge in [-0.15, -0.1) is 12.4 Å². The fourth-order valence-electron chi connectivity index (χ4n) is 7.12. The molecule has 4 aromatic carbocycles. The summed E-state index contributed by atoms with van der Waals surface area (Å²) < 4.78 is 88.4. The van der Waals surface area contributed by atoms with Crippen LogP contribution in [0, 0.1) is 0 Å². The summed E-state index contributed by atoms with van der Waals surface area (Å²) >= 11 is 11.9. The minimum Gasteiger partial charge on any atom is -0.508 e. The second-order valence-corrected chi connectivity index (χ2v) is 17.6. The van der Waals surface area contributed by atoms with Gasteiger partial charge in [-0.25, -0.2) is 4.79 Å². The van der Waals surface area contributed by atoms with Crippen molar-refractivity contribution in [3.8, 4) is 11.5 Å². The SMILES string of the molecule is COC(=O)CCCN(Cc1ccc(Cl)cc1)C(=O)C1(C)CCN1.COC(=O)CCCN(Cc1ccc(Cl)cc1)C(=O)C1(C)CCN1C(=O)Oc1ccc(C(F)(F)F)cc1.Cl.Oc1ccc(C(F)(F)F)cc1. The molecule has 0 aliphatic carbocycles. The van der Waals surface area contributed by atoms with E-state index in [1.807, 2.05) is 31.2 Å². The molecule has 2 aliphatic rings. The summed E-state index contributed by atoms with van der Waals surface area (Å²) in [4.78, 5) is 66.6. The van der Waals surface area contributed by atoms with Gasteiger partial charge in [-0.1, -0.05) is 47.5 Å². The number of benzene rings is 4. The first-order valence-electron chi connectivity index (χ1n) is 21.9. The molecule has 13 nitrogen and oxygen atoms in total. The van der Waals surface area contributed by atoms with Crippen LogP contribution in [0.15, 0.2) is 97.1 Å². The van der Waals surface area contributed by atoms with Crippen molar-refractivity contribution < 1.29 is 69.6 Å². The van der Waals surface area contributed by atoms with Gasteiger partial charge in [-0.05, 0) is 130 Å². The second kappa shape index (κ2) is 26.6. The maximum absolute atomic E-state index is 13.6. The van der Waals surface area contributed by atoms with E-state index in [0.29, 0.717) is 48.8 Å². The van der Waals surface area contributed by atoms with Crippen molar-refractivity contribution in [2.75, 3.05) is 40.4 Å². The molecule has 2 saturated heterocycles. The number of amides is 3. The molecule has 71 heavy (non-hydrogen) atoms. The summed E-state index contributed by atoms with van der Waals surface area (Å²) in [7, 11) is 2.66. The number of rotatable bonds is 15. The Kier molecular flexibility index (Phi) is 22.3. The Morgan fingerprint density at radius 2 is 1.07 bits per heavy atom. The van der Waals surface area contributed by atoms with Crippen molar-refractivity contribution in [2.24, 2.45) is 0 Å². The van der Waals surface area contributed by atoms with Crippen LogP contribution in [-0.2, 0) is 54.1 Å². The van der Waals surface area contributed by atoms with E-state index in [-0.39, 0.29) is 67.7 Å². The minimum absolute atomic E-state index is 0. The number of hydrogen-bond acceptors (Lipinski definition) is 10. The highest BCUT2D eigenvalue weighted by Gasteiger charge is 2.52. The third kappa shape index (κ3) is 17.8. The lowest BCUT2D eigenvalue weighted by Crippen LogP contribution is -2.68. The number of carbonyl (C=O) groups excluding carboxylic acids is 5. The molecule has 3 amide bonds. The number of esters is 2. The van der Waals surface area contributed by atoms with E-state index in [9.17, 15) is 50.3 Å². The number of halogens is 9. The normalized spacial score (nSPS) is 16.9. The molecule has 22 heteroatoms. The van der Waals surface area contributed by atoms with Crippen LogP contribution in [0.3, 0.4) is 0 Å². The first-order valence-corrected chi connectivity index (χ1v) is 22.6. The highest BCUT2D eigenvalue weighted by molar-refractivity contribution is 6.30. The maximum atomic E-state index is 13.6. The van der Waals surface area contributed by atoms with E-state index in [1.165, 1.54) is 19.1 Å². The first kappa shape index (κ1) is 59.5. The van der Waals surface area contributed by atoms with Crippen LogP contribution < -0.4 is 10.1 Å². The maximum Gasteiger partial charge on any atom is 0.416 e. The van der Waals surface area contributed by atoms with Crippen molar-refractivity contribution in [1.82, 2.24) is 20.0 Å². The van der Waals surface area contributed by atoms with Crippen LogP contribution >= 0.6 is 35.6 Å². The minimum atomic E-state index is -4.51. The Bertz CT molecular complexity index is 2370. The predicted octanol–water partition coefficient (Wildman–Crippen LogP) is 10.5. The molecule has 0 radical (unpaired) electrons. The zero-order valence-corrected chi connectivity index (χ0v) is 41.5. The standard InChI is InChI=1S/C25H26ClF3N2O5.C17H23ClN2O3.C7H5F3O.ClH/c1-24(13-15-31(24)23(34)36-20-11-7-18(8-12-20)25(27,28)29)22(33)30(14-3-4-21(32)35-2)16-17-5-9-19(26)10-6-17;1-17(9-10-19-17)16(22)20(11-3-4-15(21)23-2)12-13-5-7-14(18)8-6-13;8-7(9,10)5-1-3-6(11)4-2-5;/h5-12H,3-4,13-16H2,1-2H3;5-8,19H,3-4,9-12H2,1-2H3;1-4,11H;1H. The van der Waals surface area contributed by atoms with Crippen molar-refractivity contribution in [3.05, 3.63) is 129 Å². The van der Waals surface area contributed by atoms with Gasteiger partial charge in [0.05, 0.1) is 30.9 Å². The number of hydrogen-bond donors (Lipinski definition) is 2. The Morgan fingerprint density at radius 1 is 0.662 bits per heavy atom. The molecule has 0 spiro atoms. The summed E-state index contributed by atoms with van der Waals surface area (Å²) in [5.41, 5.74) is -1.49. The van der Waals surface area contributed by atoms with E-state index in [2.05, 4.69) is 14.8 Å². The zero-order valence-electron chi connectivity index (χ0n) is 39.2. The van der Waals surface area contributed by atoms with Crippen LogP contribution in [0.2, 0.25) is 10.0 Å². The van der Waals surface area contributed by atoms with Gasteiger partial charge in [-0.3, -0.25) is 24.1 Å². The van der Waals surface area contributed by atoms with Gasteiger partial charge in [0.25, 0.3) is 0 Å². The Morgan fingerprint density at radius 3 is 1.42 bits per heavy atom. The number of ether oxygens (including phenoxy) is 3. The van der Waals surface area contributed by atoms with E-state index in [0.717, 1.165) is 72.6 Å². The molecule has 388 valence electrons. The molecule has 2 unspecified atom stereocenters. The second-order valence-electron chi connectivity index (χ2n) is 16.7. The Labute approximate surface area is 423 Å². The van der Waals surface area contributed by atoms with E-state index >= 15 is 0 Å². The fourth-order valence-corrected chi connectivity index (χ4v) is 7.37. The monoisotopic (exact) mass is 1060 g/mol. The van der Waals surface area contributed by atoms with E-state index in [1.54, 1.807) is 41.0 Å². The third-order valence-corrected chi connectivity index (χ3v) is 12.0. The summed E-state index contributed by atoms with van der Waals surface area (Å²) in [5, 5.41) is 13.1. The number of alkyl halides is 6. The van der Waals surface area contributed by atoms with Gasteiger partial charge < -0.3 is 34.4 Å². The lowest BCUT2D eigenvalue weighted by Gasteiger charge is -2.49. The van der Waals surface area contributed by atoms with Crippen LogP contribution in [0.5, 0.6) is 11.5 Å². The molecule has 0 bridgehead atoms. The van der Waals surface area contributed by atoms with E-state index in [4.69, 9.17) is 33.0 Å². The highest BCUT2D eigenvalue weighted by atomic mass is 35.5. The Hall–Kier alpha value is -5.76. The summed E-state index contributed by atoms with van der Waals surface area (Å²) in [6.45, 7) is 6.15. The van der Waals surface area contributed by atoms with Crippen LogP contribution in [0.1, 0.15) is 74.6 Å². The quantitative estimate of drug-likeness (QED) is 0.0868. The molecule has 2 heterocycles. The number of nitrogens with one attached hydrogen (secondary N) is 1. The topological polar surface area (TPSA) is 155 Å². The number of phenolic OH excluding ortho intramolecular Hbond substituents is 1. The van der Waals surface area contributed by atoms with Crippen LogP contribution in [0.4, 0.5) is 31.1 Å². The number of phenols is 1. The highest BCUT2D eigenvalue weighted by Crippen LogP contribution is 2.35. The number of carbonyl (C=O) groups is 5. The fraction of sp³-hybridized carbons (Fsp3) is 0.408. The lowest BCUT2D eigenvalue weighted by molar-refractivity contribution is -0.151. The first-order chi connectivity index (χ1) is 32.9. The van der Waals surface area contributed by atoms with Crippen molar-refractivity contribution in [3.63, 3.8) is 0 Å². The summed E-state index contributed by atoms with van der Waals surface area (Å²) in [6, 6.07) is 21.8. The van der Waals surface area contributed by atoms with Crippen molar-refractivity contribution in [2.45, 2.75) is 88.9 Å². The summed E-state index contributed by atoms with van der Waals surface area (Å²) in [5.74, 6) is -1.15. The molecular formula is C49H55Cl3F6N4O9. The van der Waals surface area contributed by atoms with Crippen LogP contribution in [-0.4, -0.2) is 101 Å². The number of methoxy groups -OCH3 is 2. The molecule has 2 atom stereocenters. The summed E-state index contributed by atoms with van der Waals surface area (Å²) in [6.07, 6.45) is -7.08. The molecule has 2 N–H and O–H groups in total. The van der Waals surface area contributed by atoms with Gasteiger partial charge in [0.15, 0.2) is 0 Å². The average Bonchev–Trinajstić information content (AvgIpc) is 3.30. The average molecular weight is 1060 g/mol.